The maximum Gasteiger partial charge on any atom is 0.251 e. The van der Waals surface area contributed by atoms with Crippen molar-refractivity contribution >= 4 is 20.7 Å². The Hall–Kier alpha value is -2.11. The lowest BCUT2D eigenvalue weighted by molar-refractivity contribution is 0.414. The molecular formula is C17H14O3S2. The summed E-state index contributed by atoms with van der Waals surface area (Å²) in [7, 11) is 6.04. The second kappa shape index (κ2) is 6.34. The van der Waals surface area contributed by atoms with Gasteiger partial charge in [-0.15, -0.1) is 0 Å². The fourth-order valence-corrected chi connectivity index (χ4v) is 4.52. The molecule has 1 heterocycles. The van der Waals surface area contributed by atoms with Crippen molar-refractivity contribution in [3.8, 4) is 33.1 Å². The van der Waals surface area contributed by atoms with E-state index in [1.165, 1.54) is 20.7 Å². The van der Waals surface area contributed by atoms with Crippen LogP contribution in [0.3, 0.4) is 0 Å². The van der Waals surface area contributed by atoms with Crippen molar-refractivity contribution < 1.29 is 9.47 Å². The van der Waals surface area contributed by atoms with Crippen LogP contribution in [0.25, 0.3) is 21.6 Å². The van der Waals surface area contributed by atoms with Gasteiger partial charge in [-0.1, -0.05) is 22.5 Å². The van der Waals surface area contributed by atoms with Crippen molar-refractivity contribution in [2.24, 2.45) is 0 Å². The quantitative estimate of drug-likeness (QED) is 0.660. The molecule has 22 heavy (non-hydrogen) atoms. The van der Waals surface area contributed by atoms with Crippen LogP contribution < -0.4 is 14.2 Å². The maximum absolute atomic E-state index is 12.3. The zero-order valence-electron chi connectivity index (χ0n) is 12.2. The Kier molecular flexibility index (Phi) is 4.27. The average molecular weight is 330 g/mol. The third-order valence-electron chi connectivity index (χ3n) is 3.36. The Morgan fingerprint density at radius 2 is 1.23 bits per heavy atom. The van der Waals surface area contributed by atoms with Gasteiger partial charge < -0.3 is 9.47 Å². The van der Waals surface area contributed by atoms with Crippen LogP contribution >= 0.6 is 20.7 Å². The fraction of sp³-hybridized carbons (Fsp3) is 0.118. The van der Waals surface area contributed by atoms with Crippen molar-refractivity contribution in [2.75, 3.05) is 14.2 Å². The molecule has 5 heteroatoms. The van der Waals surface area contributed by atoms with E-state index in [9.17, 15) is 4.79 Å². The Bertz CT molecular complexity index is 814. The highest BCUT2D eigenvalue weighted by Gasteiger charge is 2.15. The molecule has 0 spiro atoms. The molecule has 0 N–H and O–H groups in total. The first-order valence-electron chi connectivity index (χ1n) is 6.65. The van der Waals surface area contributed by atoms with E-state index in [0.29, 0.717) is 0 Å². The first-order valence-corrected chi connectivity index (χ1v) is 8.80. The first kappa shape index (κ1) is 14.8. The van der Waals surface area contributed by atoms with Gasteiger partial charge in [0, 0.05) is 0 Å². The summed E-state index contributed by atoms with van der Waals surface area (Å²) in [5, 5.41) is 0. The highest BCUT2D eigenvalue weighted by molar-refractivity contribution is 7.70. The molecule has 0 aliphatic heterocycles. The van der Waals surface area contributed by atoms with Crippen molar-refractivity contribution in [1.29, 1.82) is 0 Å². The molecule has 3 aromatic rings. The van der Waals surface area contributed by atoms with Gasteiger partial charge in [0.15, 0.2) is 0 Å². The minimum Gasteiger partial charge on any atom is -0.497 e. The van der Waals surface area contributed by atoms with E-state index < -0.39 is 0 Å². The fourth-order valence-electron chi connectivity index (χ4n) is 2.20. The van der Waals surface area contributed by atoms with Crippen LogP contribution in [-0.4, -0.2) is 14.2 Å². The summed E-state index contributed by atoms with van der Waals surface area (Å²) in [6.45, 7) is 0. The maximum atomic E-state index is 12.3. The van der Waals surface area contributed by atoms with E-state index >= 15 is 0 Å². The van der Waals surface area contributed by atoms with Crippen LogP contribution in [0.1, 0.15) is 0 Å². The topological polar surface area (TPSA) is 35.5 Å². The number of methoxy groups -OCH3 is 2. The van der Waals surface area contributed by atoms with Gasteiger partial charge in [-0.25, -0.2) is 0 Å². The Morgan fingerprint density at radius 3 is 1.73 bits per heavy atom. The molecule has 3 rings (SSSR count). The Morgan fingerprint density at radius 1 is 0.727 bits per heavy atom. The number of hydrogen-bond donors (Lipinski definition) is 0. The van der Waals surface area contributed by atoms with Crippen molar-refractivity contribution in [1.82, 2.24) is 0 Å². The molecule has 0 fully saturated rings. The number of rotatable bonds is 4. The summed E-state index contributed by atoms with van der Waals surface area (Å²) in [6.07, 6.45) is 0. The SMILES string of the molecule is COc1ccc(-c2ssc(=O)c2-c2ccc(OC)cc2)cc1. The minimum absolute atomic E-state index is 0.0842. The van der Waals surface area contributed by atoms with Crippen LogP contribution in [0.4, 0.5) is 0 Å². The minimum atomic E-state index is 0.0842. The van der Waals surface area contributed by atoms with Crippen molar-refractivity contribution in [3.63, 3.8) is 0 Å². The van der Waals surface area contributed by atoms with Gasteiger partial charge in [0.2, 0.25) is 0 Å². The van der Waals surface area contributed by atoms with E-state index in [4.69, 9.17) is 9.47 Å². The van der Waals surface area contributed by atoms with E-state index in [1.54, 1.807) is 14.2 Å². The zero-order valence-corrected chi connectivity index (χ0v) is 13.8. The molecule has 0 aliphatic carbocycles. The summed E-state index contributed by atoms with van der Waals surface area (Å²) in [5.74, 6) is 1.58. The van der Waals surface area contributed by atoms with E-state index in [0.717, 1.165) is 33.1 Å². The lowest BCUT2D eigenvalue weighted by Crippen LogP contribution is -1.95. The van der Waals surface area contributed by atoms with Gasteiger partial charge in [0.25, 0.3) is 4.74 Å². The third kappa shape index (κ3) is 2.77. The molecule has 0 bridgehead atoms. The predicted octanol–water partition coefficient (Wildman–Crippen LogP) is 4.52. The Labute approximate surface area is 135 Å². The van der Waals surface area contributed by atoms with E-state index in [-0.39, 0.29) is 4.74 Å². The van der Waals surface area contributed by atoms with Gasteiger partial charge in [0.1, 0.15) is 11.5 Å². The molecule has 0 saturated heterocycles. The number of benzene rings is 2. The summed E-state index contributed by atoms with van der Waals surface area (Å²) in [5.41, 5.74) is 2.69. The molecule has 0 radical (unpaired) electrons. The second-order valence-corrected chi connectivity index (χ2v) is 6.73. The zero-order chi connectivity index (χ0) is 15.5. The molecule has 112 valence electrons. The molecule has 0 unspecified atom stereocenters. The van der Waals surface area contributed by atoms with Gasteiger partial charge in [-0.3, -0.25) is 4.79 Å². The summed E-state index contributed by atoms with van der Waals surface area (Å²) in [4.78, 5) is 13.3. The van der Waals surface area contributed by atoms with E-state index in [1.807, 2.05) is 48.5 Å². The lowest BCUT2D eigenvalue weighted by Gasteiger charge is -2.05. The normalized spacial score (nSPS) is 10.5. The van der Waals surface area contributed by atoms with Crippen molar-refractivity contribution in [3.05, 3.63) is 58.1 Å². The van der Waals surface area contributed by atoms with Crippen LogP contribution in [0, 0.1) is 0 Å². The molecule has 2 aromatic carbocycles. The monoisotopic (exact) mass is 330 g/mol. The lowest BCUT2D eigenvalue weighted by atomic mass is 10.0. The highest BCUT2D eigenvalue weighted by Crippen LogP contribution is 2.36. The molecule has 1 aromatic heterocycles. The number of ether oxygens (including phenoxy) is 2. The standard InChI is InChI=1S/C17H14O3S2/c1-19-13-7-3-11(4-8-13)15-16(21-22-17(15)18)12-5-9-14(20-2)10-6-12/h3-10H,1-2H3. The largest absolute Gasteiger partial charge is 0.497 e. The average Bonchev–Trinajstić information content (AvgIpc) is 2.96. The van der Waals surface area contributed by atoms with E-state index in [2.05, 4.69) is 0 Å². The van der Waals surface area contributed by atoms with Crippen LogP contribution in [-0.2, 0) is 0 Å². The Balaban J connectivity index is 2.08. The van der Waals surface area contributed by atoms with Crippen molar-refractivity contribution in [2.45, 2.75) is 0 Å². The van der Waals surface area contributed by atoms with Gasteiger partial charge in [-0.05, 0) is 57.9 Å². The molecule has 3 nitrogen and oxygen atoms in total. The molecule has 0 amide bonds. The predicted molar refractivity (Wildman–Crippen MR) is 92.4 cm³/mol. The van der Waals surface area contributed by atoms with Crippen LogP contribution in [0.5, 0.6) is 11.5 Å². The van der Waals surface area contributed by atoms with Crippen LogP contribution in [0.2, 0.25) is 0 Å². The molecule has 0 atom stereocenters. The number of hydrogen-bond acceptors (Lipinski definition) is 5. The van der Waals surface area contributed by atoms with Gasteiger partial charge in [-0.2, -0.15) is 0 Å². The highest BCUT2D eigenvalue weighted by atomic mass is 32.9. The summed E-state index contributed by atoms with van der Waals surface area (Å²) in [6, 6.07) is 15.3. The first-order chi connectivity index (χ1) is 10.7. The smallest absolute Gasteiger partial charge is 0.251 e. The third-order valence-corrected chi connectivity index (χ3v) is 5.61. The van der Waals surface area contributed by atoms with Crippen LogP contribution in [0.15, 0.2) is 53.3 Å². The summed E-state index contributed by atoms with van der Waals surface area (Å²) < 4.78 is 10.4. The molecular weight excluding hydrogens is 316 g/mol. The summed E-state index contributed by atoms with van der Waals surface area (Å²) >= 11 is 0. The van der Waals surface area contributed by atoms with Gasteiger partial charge in [0.05, 0.1) is 24.7 Å². The molecule has 0 aliphatic rings. The second-order valence-electron chi connectivity index (χ2n) is 4.62. The molecule has 0 saturated carbocycles. The van der Waals surface area contributed by atoms with Gasteiger partial charge >= 0.3 is 0 Å².